The van der Waals surface area contributed by atoms with Gasteiger partial charge in [-0.3, -0.25) is 4.79 Å². The van der Waals surface area contributed by atoms with E-state index in [4.69, 9.17) is 0 Å². The zero-order valence-corrected chi connectivity index (χ0v) is 23.2. The average molecular weight is 572 g/mol. The average Bonchev–Trinajstić information content (AvgIpc) is 3.41. The van der Waals surface area contributed by atoms with E-state index in [9.17, 15) is 9.90 Å². The fourth-order valence-corrected chi connectivity index (χ4v) is 6.02. The number of hydrogen-bond acceptors (Lipinski definition) is 8. The van der Waals surface area contributed by atoms with Gasteiger partial charge >= 0.3 is 0 Å². The molecule has 3 aromatic heterocycles. The molecule has 1 amide bonds. The summed E-state index contributed by atoms with van der Waals surface area (Å²) in [6.07, 6.45) is 4.79. The summed E-state index contributed by atoms with van der Waals surface area (Å²) >= 11 is 2.54. The van der Waals surface area contributed by atoms with Crippen molar-refractivity contribution in [3.05, 3.63) is 125 Å². The number of thiazole rings is 1. The number of aliphatic hydroxyl groups excluding tert-OH is 1. The molecule has 3 N–H and O–H groups in total. The zero-order valence-electron chi connectivity index (χ0n) is 21.5. The number of rotatable bonds is 10. The molecule has 3 heterocycles. The van der Waals surface area contributed by atoms with Crippen molar-refractivity contribution in [1.29, 1.82) is 0 Å². The standard InChI is InChI=1S/C30H26FN5O2S2/c1-19-10-12-32-25(14-19)36-30-35-17-26(40-30)39-24-11-13-33-28(27(24)31)29(38)34-16-23(21-7-3-2-4-8-21)22-9-5-6-20(15-22)18-37/h2-15,17,23,37H,16,18H2,1H3,(H,34,38)(H,32,35,36). The maximum absolute atomic E-state index is 15.5. The first-order valence-electron chi connectivity index (χ1n) is 12.5. The van der Waals surface area contributed by atoms with Crippen LogP contribution in [0.25, 0.3) is 0 Å². The van der Waals surface area contributed by atoms with Crippen LogP contribution >= 0.6 is 23.1 Å². The van der Waals surface area contributed by atoms with Crippen LogP contribution in [0.15, 0.2) is 100 Å². The van der Waals surface area contributed by atoms with Gasteiger partial charge in [0.15, 0.2) is 16.6 Å². The van der Waals surface area contributed by atoms with E-state index in [-0.39, 0.29) is 29.7 Å². The minimum absolute atomic E-state index is 0.0819. The van der Waals surface area contributed by atoms with Crippen molar-refractivity contribution in [2.24, 2.45) is 0 Å². The molecule has 5 rings (SSSR count). The first kappa shape index (κ1) is 27.4. The summed E-state index contributed by atoms with van der Waals surface area (Å²) in [5, 5.41) is 16.2. The fourth-order valence-electron chi connectivity index (χ4n) is 4.15. The quantitative estimate of drug-likeness (QED) is 0.180. The molecule has 0 bridgehead atoms. The molecule has 0 fully saturated rings. The molecule has 202 valence electrons. The van der Waals surface area contributed by atoms with Crippen LogP contribution in [0.1, 0.15) is 38.7 Å². The largest absolute Gasteiger partial charge is 0.392 e. The van der Waals surface area contributed by atoms with Crippen LogP contribution in [0.5, 0.6) is 0 Å². The van der Waals surface area contributed by atoms with Gasteiger partial charge in [0, 0.05) is 24.9 Å². The highest BCUT2D eigenvalue weighted by Gasteiger charge is 2.21. The van der Waals surface area contributed by atoms with Crippen molar-refractivity contribution in [2.45, 2.75) is 28.6 Å². The molecule has 10 heteroatoms. The van der Waals surface area contributed by atoms with Gasteiger partial charge in [-0.1, -0.05) is 77.7 Å². The Labute approximate surface area is 239 Å². The van der Waals surface area contributed by atoms with E-state index >= 15 is 4.39 Å². The third-order valence-electron chi connectivity index (χ3n) is 6.12. The second-order valence-electron chi connectivity index (χ2n) is 8.98. The highest BCUT2D eigenvalue weighted by molar-refractivity contribution is 8.01. The fraction of sp³-hybridized carbons (Fsp3) is 0.133. The van der Waals surface area contributed by atoms with E-state index < -0.39 is 11.7 Å². The molecule has 0 aliphatic rings. The third-order valence-corrected chi connectivity index (χ3v) is 8.17. The summed E-state index contributed by atoms with van der Waals surface area (Å²) in [4.78, 5) is 26.0. The smallest absolute Gasteiger partial charge is 0.273 e. The summed E-state index contributed by atoms with van der Waals surface area (Å²) in [6.45, 7) is 2.13. The molecule has 2 aromatic carbocycles. The van der Waals surface area contributed by atoms with Crippen molar-refractivity contribution >= 4 is 40.0 Å². The molecule has 5 aromatic rings. The minimum Gasteiger partial charge on any atom is -0.392 e. The van der Waals surface area contributed by atoms with Crippen LogP contribution < -0.4 is 10.6 Å². The number of nitrogens with zero attached hydrogens (tertiary/aromatic N) is 3. The monoisotopic (exact) mass is 571 g/mol. The molecular weight excluding hydrogens is 545 g/mol. The SMILES string of the molecule is Cc1ccnc(Nc2ncc(Sc3ccnc(C(=O)NCC(c4ccccc4)c4cccc(CO)c4)c3F)s2)c1. The molecule has 0 saturated carbocycles. The molecular formula is C30H26FN5O2S2. The van der Waals surface area contributed by atoms with Crippen LogP contribution in [0.3, 0.4) is 0 Å². The molecule has 0 spiro atoms. The molecule has 0 radical (unpaired) electrons. The number of aryl methyl sites for hydroxylation is 1. The number of halogens is 1. The molecule has 0 aliphatic heterocycles. The van der Waals surface area contributed by atoms with Crippen LogP contribution in [0, 0.1) is 12.7 Å². The first-order chi connectivity index (χ1) is 19.5. The van der Waals surface area contributed by atoms with Crippen molar-refractivity contribution in [2.75, 3.05) is 11.9 Å². The van der Waals surface area contributed by atoms with Crippen molar-refractivity contribution < 1.29 is 14.3 Å². The van der Waals surface area contributed by atoms with Gasteiger partial charge in [0.05, 0.1) is 21.9 Å². The van der Waals surface area contributed by atoms with Gasteiger partial charge in [-0.15, -0.1) is 0 Å². The summed E-state index contributed by atoms with van der Waals surface area (Å²) in [6, 6.07) is 22.7. The van der Waals surface area contributed by atoms with Crippen LogP contribution in [-0.4, -0.2) is 32.5 Å². The van der Waals surface area contributed by atoms with E-state index in [2.05, 4.69) is 25.6 Å². The van der Waals surface area contributed by atoms with E-state index in [1.807, 2.05) is 73.7 Å². The molecule has 0 saturated heterocycles. The van der Waals surface area contributed by atoms with E-state index in [1.165, 1.54) is 29.3 Å². The van der Waals surface area contributed by atoms with Crippen LogP contribution in [0.4, 0.5) is 15.3 Å². The van der Waals surface area contributed by atoms with Crippen molar-refractivity contribution in [3.8, 4) is 0 Å². The number of anilines is 2. The lowest BCUT2D eigenvalue weighted by Gasteiger charge is -2.19. The Bertz CT molecular complexity index is 1610. The number of hydrogen-bond donors (Lipinski definition) is 3. The van der Waals surface area contributed by atoms with Gasteiger partial charge in [-0.2, -0.15) is 0 Å². The lowest BCUT2D eigenvalue weighted by atomic mass is 9.90. The molecule has 40 heavy (non-hydrogen) atoms. The lowest BCUT2D eigenvalue weighted by Crippen LogP contribution is -2.30. The van der Waals surface area contributed by atoms with Crippen LogP contribution in [-0.2, 0) is 6.61 Å². The second-order valence-corrected chi connectivity index (χ2v) is 11.4. The first-order valence-corrected chi connectivity index (χ1v) is 14.1. The van der Waals surface area contributed by atoms with Gasteiger partial charge in [-0.25, -0.2) is 19.3 Å². The van der Waals surface area contributed by atoms with Gasteiger partial charge in [0.2, 0.25) is 0 Å². The number of pyridine rings is 2. The second kappa shape index (κ2) is 12.8. The summed E-state index contributed by atoms with van der Waals surface area (Å²) < 4.78 is 16.2. The molecule has 7 nitrogen and oxygen atoms in total. The van der Waals surface area contributed by atoms with E-state index in [0.717, 1.165) is 26.5 Å². The lowest BCUT2D eigenvalue weighted by molar-refractivity contribution is 0.0942. The number of aliphatic hydroxyl groups is 1. The van der Waals surface area contributed by atoms with Crippen molar-refractivity contribution in [1.82, 2.24) is 20.3 Å². The number of aromatic nitrogens is 3. The van der Waals surface area contributed by atoms with E-state index in [0.29, 0.717) is 10.9 Å². The van der Waals surface area contributed by atoms with Gasteiger partial charge in [0.1, 0.15) is 5.82 Å². The Hall–Kier alpha value is -4.12. The number of benzene rings is 2. The predicted molar refractivity (Wildman–Crippen MR) is 156 cm³/mol. The number of carbonyl (C=O) groups excluding carboxylic acids is 1. The topological polar surface area (TPSA) is 100 Å². The highest BCUT2D eigenvalue weighted by atomic mass is 32.2. The molecule has 1 atom stereocenters. The molecule has 0 aliphatic carbocycles. The summed E-state index contributed by atoms with van der Waals surface area (Å²) in [7, 11) is 0. The van der Waals surface area contributed by atoms with Crippen molar-refractivity contribution in [3.63, 3.8) is 0 Å². The van der Waals surface area contributed by atoms with Gasteiger partial charge < -0.3 is 15.7 Å². The Balaban J connectivity index is 1.30. The number of carbonyl (C=O) groups is 1. The predicted octanol–water partition coefficient (Wildman–Crippen LogP) is 6.33. The summed E-state index contributed by atoms with van der Waals surface area (Å²) in [5.74, 6) is -0.803. The van der Waals surface area contributed by atoms with Crippen LogP contribution in [0.2, 0.25) is 0 Å². The molecule has 1 unspecified atom stereocenters. The Morgan fingerprint density at radius 3 is 2.60 bits per heavy atom. The maximum atomic E-state index is 15.5. The summed E-state index contributed by atoms with van der Waals surface area (Å²) in [5.41, 5.74) is 3.51. The minimum atomic E-state index is -0.688. The third kappa shape index (κ3) is 6.71. The number of amides is 1. The highest BCUT2D eigenvalue weighted by Crippen LogP contribution is 2.36. The maximum Gasteiger partial charge on any atom is 0.273 e. The van der Waals surface area contributed by atoms with Gasteiger partial charge in [-0.05, 0) is 47.4 Å². The number of nitrogens with one attached hydrogen (secondary N) is 2. The normalized spacial score (nSPS) is 11.7. The Morgan fingerprint density at radius 2 is 1.80 bits per heavy atom. The Kier molecular flexibility index (Phi) is 8.80. The Morgan fingerprint density at radius 1 is 1.00 bits per heavy atom. The van der Waals surface area contributed by atoms with Gasteiger partial charge in [0.25, 0.3) is 5.91 Å². The zero-order chi connectivity index (χ0) is 27.9. The van der Waals surface area contributed by atoms with E-state index in [1.54, 1.807) is 18.5 Å².